The van der Waals surface area contributed by atoms with Crippen molar-refractivity contribution in [2.24, 2.45) is 5.73 Å². The largest absolute Gasteiger partial charge is 0.327 e. The van der Waals surface area contributed by atoms with Gasteiger partial charge in [0.2, 0.25) is 5.91 Å². The summed E-state index contributed by atoms with van der Waals surface area (Å²) in [6, 6.07) is 0. The van der Waals surface area contributed by atoms with Crippen molar-refractivity contribution in [1.29, 1.82) is 0 Å². The van der Waals surface area contributed by atoms with Crippen molar-refractivity contribution in [2.75, 3.05) is 6.54 Å². The minimum Gasteiger partial charge on any atom is -0.327 e. The lowest BCUT2D eigenvalue weighted by molar-refractivity contribution is -0.118. The Kier molecular flexibility index (Phi) is 4.45. The van der Waals surface area contributed by atoms with Crippen LogP contribution in [-0.4, -0.2) is 18.7 Å². The molecule has 64 valence electrons. The van der Waals surface area contributed by atoms with E-state index in [9.17, 15) is 9.18 Å². The zero-order valence-electron chi connectivity index (χ0n) is 6.73. The second-order valence-electron chi connectivity index (χ2n) is 2.21. The SMILES string of the molecule is C/C(=C/CN)C(=O)NC(C)F. The summed E-state index contributed by atoms with van der Waals surface area (Å²) in [5.74, 6) is -0.412. The van der Waals surface area contributed by atoms with Gasteiger partial charge in [-0.25, -0.2) is 4.39 Å². The number of halogens is 1. The minimum atomic E-state index is -1.32. The summed E-state index contributed by atoms with van der Waals surface area (Å²) in [6.45, 7) is 3.14. The molecule has 3 nitrogen and oxygen atoms in total. The molecular formula is C7H13FN2O. The van der Waals surface area contributed by atoms with Crippen LogP contribution in [0.15, 0.2) is 11.6 Å². The van der Waals surface area contributed by atoms with Crippen LogP contribution in [0.5, 0.6) is 0 Å². The van der Waals surface area contributed by atoms with Gasteiger partial charge in [-0.05, 0) is 13.8 Å². The molecule has 1 atom stereocenters. The van der Waals surface area contributed by atoms with Gasteiger partial charge in [-0.2, -0.15) is 0 Å². The molecule has 4 heteroatoms. The maximum absolute atomic E-state index is 12.2. The Morgan fingerprint density at radius 1 is 1.82 bits per heavy atom. The van der Waals surface area contributed by atoms with E-state index in [1.807, 2.05) is 0 Å². The van der Waals surface area contributed by atoms with E-state index in [4.69, 9.17) is 5.73 Å². The first-order valence-electron chi connectivity index (χ1n) is 3.39. The van der Waals surface area contributed by atoms with Crippen molar-refractivity contribution in [1.82, 2.24) is 5.32 Å². The highest BCUT2D eigenvalue weighted by Crippen LogP contribution is 1.92. The molecule has 0 fully saturated rings. The number of carbonyl (C=O) groups excluding carboxylic acids is 1. The van der Waals surface area contributed by atoms with E-state index in [-0.39, 0.29) is 0 Å². The highest BCUT2D eigenvalue weighted by molar-refractivity contribution is 5.92. The smallest absolute Gasteiger partial charge is 0.248 e. The molecule has 0 rings (SSSR count). The molecule has 0 saturated carbocycles. The van der Waals surface area contributed by atoms with Gasteiger partial charge in [0.15, 0.2) is 6.30 Å². The first kappa shape index (κ1) is 10.1. The van der Waals surface area contributed by atoms with Gasteiger partial charge in [-0.1, -0.05) is 6.08 Å². The normalized spacial score (nSPS) is 14.4. The molecule has 3 N–H and O–H groups in total. The number of rotatable bonds is 3. The van der Waals surface area contributed by atoms with Gasteiger partial charge in [0.25, 0.3) is 0 Å². The lowest BCUT2D eigenvalue weighted by Gasteiger charge is -2.04. The van der Waals surface area contributed by atoms with E-state index in [0.29, 0.717) is 12.1 Å². The maximum Gasteiger partial charge on any atom is 0.248 e. The van der Waals surface area contributed by atoms with Gasteiger partial charge >= 0.3 is 0 Å². The number of hydrogen-bond donors (Lipinski definition) is 2. The van der Waals surface area contributed by atoms with Gasteiger partial charge in [-0.3, -0.25) is 4.79 Å². The van der Waals surface area contributed by atoms with E-state index < -0.39 is 12.2 Å². The Balaban J connectivity index is 3.93. The predicted octanol–water partition coefficient (Wildman–Crippen LogP) is 0.323. The molecule has 0 aliphatic rings. The summed E-state index contributed by atoms with van der Waals surface area (Å²) in [4.78, 5) is 10.9. The summed E-state index contributed by atoms with van der Waals surface area (Å²) in [6.07, 6.45) is 0.223. The van der Waals surface area contributed by atoms with Crippen molar-refractivity contribution < 1.29 is 9.18 Å². The fourth-order valence-electron chi connectivity index (χ4n) is 0.564. The van der Waals surface area contributed by atoms with Gasteiger partial charge in [-0.15, -0.1) is 0 Å². The third-order valence-electron chi connectivity index (χ3n) is 1.11. The summed E-state index contributed by atoms with van der Waals surface area (Å²) >= 11 is 0. The van der Waals surface area contributed by atoms with Crippen LogP contribution in [-0.2, 0) is 4.79 Å². The van der Waals surface area contributed by atoms with Crippen LogP contribution in [0, 0.1) is 0 Å². The molecule has 0 aromatic carbocycles. The van der Waals surface area contributed by atoms with Crippen LogP contribution in [0.3, 0.4) is 0 Å². The summed E-state index contributed by atoms with van der Waals surface area (Å²) < 4.78 is 12.2. The van der Waals surface area contributed by atoms with Crippen molar-refractivity contribution in [3.05, 3.63) is 11.6 Å². The molecule has 1 amide bonds. The summed E-state index contributed by atoms with van der Waals surface area (Å²) in [5.41, 5.74) is 5.59. The van der Waals surface area contributed by atoms with Gasteiger partial charge in [0.05, 0.1) is 0 Å². The molecule has 0 aromatic heterocycles. The van der Waals surface area contributed by atoms with Crippen molar-refractivity contribution in [3.63, 3.8) is 0 Å². The van der Waals surface area contributed by atoms with Crippen molar-refractivity contribution in [3.8, 4) is 0 Å². The predicted molar refractivity (Wildman–Crippen MR) is 41.5 cm³/mol. The third kappa shape index (κ3) is 4.50. The summed E-state index contributed by atoms with van der Waals surface area (Å²) in [5, 5.41) is 2.10. The van der Waals surface area contributed by atoms with E-state index in [0.717, 1.165) is 0 Å². The maximum atomic E-state index is 12.2. The number of nitrogens with two attached hydrogens (primary N) is 1. The van der Waals surface area contributed by atoms with Crippen molar-refractivity contribution >= 4 is 5.91 Å². The molecule has 0 bridgehead atoms. The molecule has 0 aliphatic carbocycles. The Hall–Kier alpha value is -0.900. The van der Waals surface area contributed by atoms with Gasteiger partial charge < -0.3 is 11.1 Å². The van der Waals surface area contributed by atoms with Crippen LogP contribution in [0.25, 0.3) is 0 Å². The number of amides is 1. The lowest BCUT2D eigenvalue weighted by atomic mass is 10.2. The first-order valence-corrected chi connectivity index (χ1v) is 3.39. The van der Waals surface area contributed by atoms with Gasteiger partial charge in [0, 0.05) is 12.1 Å². The van der Waals surface area contributed by atoms with E-state index in [1.54, 1.807) is 6.92 Å². The topological polar surface area (TPSA) is 55.1 Å². The van der Waals surface area contributed by atoms with Gasteiger partial charge in [0.1, 0.15) is 0 Å². The monoisotopic (exact) mass is 160 g/mol. The Labute approximate surface area is 65.5 Å². The van der Waals surface area contributed by atoms with Crippen LogP contribution in [0.2, 0.25) is 0 Å². The number of nitrogens with one attached hydrogen (secondary N) is 1. The first-order chi connectivity index (χ1) is 5.07. The molecule has 0 aliphatic heterocycles. The molecule has 1 unspecified atom stereocenters. The average Bonchev–Trinajstić information content (AvgIpc) is 1.86. The average molecular weight is 160 g/mol. The second-order valence-corrected chi connectivity index (χ2v) is 2.21. The number of alkyl halides is 1. The third-order valence-corrected chi connectivity index (χ3v) is 1.11. The molecular weight excluding hydrogens is 147 g/mol. The molecule has 0 heterocycles. The molecule has 0 aromatic rings. The Morgan fingerprint density at radius 2 is 2.36 bits per heavy atom. The van der Waals surface area contributed by atoms with Crippen LogP contribution >= 0.6 is 0 Å². The van der Waals surface area contributed by atoms with Crippen LogP contribution in [0.4, 0.5) is 4.39 Å². The fourth-order valence-corrected chi connectivity index (χ4v) is 0.564. The molecule has 0 spiro atoms. The zero-order valence-corrected chi connectivity index (χ0v) is 6.73. The quantitative estimate of drug-likeness (QED) is 0.461. The highest BCUT2D eigenvalue weighted by atomic mass is 19.1. The lowest BCUT2D eigenvalue weighted by Crippen LogP contribution is -2.30. The second kappa shape index (κ2) is 4.85. The summed E-state index contributed by atoms with van der Waals surface area (Å²) in [7, 11) is 0. The number of hydrogen-bond acceptors (Lipinski definition) is 2. The van der Waals surface area contributed by atoms with Crippen LogP contribution < -0.4 is 11.1 Å². The van der Waals surface area contributed by atoms with Crippen molar-refractivity contribution in [2.45, 2.75) is 20.1 Å². The zero-order chi connectivity index (χ0) is 8.85. The molecule has 0 saturated heterocycles. The van der Waals surface area contributed by atoms with E-state index >= 15 is 0 Å². The molecule has 11 heavy (non-hydrogen) atoms. The van der Waals surface area contributed by atoms with Crippen LogP contribution in [0.1, 0.15) is 13.8 Å². The minimum absolute atomic E-state index is 0.292. The Morgan fingerprint density at radius 3 is 2.73 bits per heavy atom. The number of carbonyl (C=O) groups is 1. The fraction of sp³-hybridized carbons (Fsp3) is 0.571. The van der Waals surface area contributed by atoms with E-state index in [2.05, 4.69) is 5.32 Å². The van der Waals surface area contributed by atoms with E-state index in [1.165, 1.54) is 13.0 Å². The Bertz CT molecular complexity index is 166. The molecule has 0 radical (unpaired) electrons. The highest BCUT2D eigenvalue weighted by Gasteiger charge is 2.05. The standard InChI is InChI=1S/C7H13FN2O/c1-5(3-4-9)7(11)10-6(2)8/h3,6H,4,9H2,1-2H3,(H,10,11)/b5-3-.